The molecule has 0 saturated carbocycles. The predicted octanol–water partition coefficient (Wildman–Crippen LogP) is 2.19. The number of hydrogen-bond acceptors (Lipinski definition) is 3. The third-order valence-electron chi connectivity index (χ3n) is 2.77. The lowest BCUT2D eigenvalue weighted by Crippen LogP contribution is -2.32. The van der Waals surface area contributed by atoms with Gasteiger partial charge in [-0.25, -0.2) is 0 Å². The molecule has 1 aromatic carbocycles. The fourth-order valence-electron chi connectivity index (χ4n) is 1.60. The molecule has 2 N–H and O–H groups in total. The molecule has 0 aromatic heterocycles. The molecule has 0 aliphatic rings. The maximum Gasteiger partial charge on any atom is 0.416 e. The van der Waals surface area contributed by atoms with E-state index in [1.54, 1.807) is 0 Å². The second kappa shape index (κ2) is 7.87. The zero-order chi connectivity index (χ0) is 15.9. The molecule has 0 fully saturated rings. The van der Waals surface area contributed by atoms with Crippen LogP contribution in [0.2, 0.25) is 0 Å². The fraction of sp³-hybridized carbons (Fsp3) is 0.500. The van der Waals surface area contributed by atoms with Crippen molar-refractivity contribution >= 4 is 11.6 Å². The van der Waals surface area contributed by atoms with Crippen molar-refractivity contribution in [3.05, 3.63) is 29.8 Å². The van der Waals surface area contributed by atoms with Gasteiger partial charge in [0.15, 0.2) is 0 Å². The summed E-state index contributed by atoms with van der Waals surface area (Å²) in [6.45, 7) is 1.71. The summed E-state index contributed by atoms with van der Waals surface area (Å²) in [6, 6.07) is 4.73. The number of hydrogen-bond donors (Lipinski definition) is 2. The van der Waals surface area contributed by atoms with Crippen molar-refractivity contribution in [1.29, 1.82) is 0 Å². The largest absolute Gasteiger partial charge is 0.416 e. The van der Waals surface area contributed by atoms with Crippen LogP contribution in [-0.2, 0) is 11.0 Å². The zero-order valence-electron chi connectivity index (χ0n) is 12.1. The third-order valence-corrected chi connectivity index (χ3v) is 2.77. The van der Waals surface area contributed by atoms with E-state index in [4.69, 9.17) is 0 Å². The van der Waals surface area contributed by atoms with E-state index in [1.807, 2.05) is 19.0 Å². The first kappa shape index (κ1) is 17.3. The highest BCUT2D eigenvalue weighted by Crippen LogP contribution is 2.29. The molecular weight excluding hydrogens is 283 g/mol. The van der Waals surface area contributed by atoms with Gasteiger partial charge in [0.05, 0.1) is 5.56 Å². The van der Waals surface area contributed by atoms with Crippen LogP contribution in [-0.4, -0.2) is 44.5 Å². The molecule has 118 valence electrons. The highest BCUT2D eigenvalue weighted by molar-refractivity contribution is 5.76. The Morgan fingerprint density at radius 1 is 1.14 bits per heavy atom. The first-order valence-corrected chi connectivity index (χ1v) is 6.61. The number of alkyl halides is 3. The summed E-state index contributed by atoms with van der Waals surface area (Å²) in [6.07, 6.45) is -4.06. The van der Waals surface area contributed by atoms with E-state index < -0.39 is 11.7 Å². The number of rotatable bonds is 7. The summed E-state index contributed by atoms with van der Waals surface area (Å²) in [5, 5.41) is 5.67. The minimum absolute atomic E-state index is 0.0868. The molecule has 0 bridgehead atoms. The van der Waals surface area contributed by atoms with Crippen molar-refractivity contribution < 1.29 is 18.0 Å². The van der Waals surface area contributed by atoms with Crippen molar-refractivity contribution in [1.82, 2.24) is 10.2 Å². The molecule has 7 heteroatoms. The number of nitrogens with zero attached hydrogens (tertiary/aromatic N) is 1. The molecule has 0 radical (unpaired) electrons. The fourth-order valence-corrected chi connectivity index (χ4v) is 1.60. The maximum atomic E-state index is 12.4. The smallest absolute Gasteiger partial charge is 0.385 e. The molecule has 1 amide bonds. The number of nitrogens with one attached hydrogen (secondary N) is 2. The Balaban J connectivity index is 2.28. The van der Waals surface area contributed by atoms with Gasteiger partial charge in [0.25, 0.3) is 0 Å². The van der Waals surface area contributed by atoms with Crippen molar-refractivity contribution in [2.75, 3.05) is 39.0 Å². The van der Waals surface area contributed by atoms with Gasteiger partial charge in [-0.2, -0.15) is 13.2 Å². The molecule has 0 atom stereocenters. The second-order valence-corrected chi connectivity index (χ2v) is 4.91. The van der Waals surface area contributed by atoms with Crippen LogP contribution in [0.25, 0.3) is 0 Å². The number of anilines is 1. The lowest BCUT2D eigenvalue weighted by Gasteiger charge is -2.11. The molecule has 0 aliphatic heterocycles. The van der Waals surface area contributed by atoms with E-state index in [9.17, 15) is 18.0 Å². The minimum Gasteiger partial charge on any atom is -0.385 e. The molecule has 0 spiro atoms. The summed E-state index contributed by atoms with van der Waals surface area (Å²) in [4.78, 5) is 13.4. The quantitative estimate of drug-likeness (QED) is 0.811. The van der Waals surface area contributed by atoms with E-state index in [1.165, 1.54) is 12.1 Å². The van der Waals surface area contributed by atoms with Gasteiger partial charge in [0, 0.05) is 31.7 Å². The van der Waals surface area contributed by atoms with Gasteiger partial charge in [0.1, 0.15) is 0 Å². The number of halogens is 3. The average molecular weight is 303 g/mol. The average Bonchev–Trinajstić information content (AvgIpc) is 2.38. The topological polar surface area (TPSA) is 44.4 Å². The van der Waals surface area contributed by atoms with Gasteiger partial charge in [-0.1, -0.05) is 0 Å². The van der Waals surface area contributed by atoms with E-state index in [2.05, 4.69) is 10.6 Å². The van der Waals surface area contributed by atoms with Crippen LogP contribution in [0.15, 0.2) is 24.3 Å². The maximum absolute atomic E-state index is 12.4. The van der Waals surface area contributed by atoms with Gasteiger partial charge in [-0.15, -0.1) is 0 Å². The van der Waals surface area contributed by atoms with E-state index in [0.29, 0.717) is 18.8 Å². The van der Waals surface area contributed by atoms with Crippen LogP contribution in [0.1, 0.15) is 12.0 Å². The summed E-state index contributed by atoms with van der Waals surface area (Å²) in [5.41, 5.74) is -0.126. The standard InChI is InChI=1S/C14H20F3N3O/c1-20(2)10-9-19-13(21)7-8-18-12-5-3-11(4-6-12)14(15,16)17/h3-6,18H,7-10H2,1-2H3,(H,19,21). The Bertz CT molecular complexity index is 444. The third kappa shape index (κ3) is 6.99. The van der Waals surface area contributed by atoms with Gasteiger partial charge < -0.3 is 15.5 Å². The van der Waals surface area contributed by atoms with Crippen LogP contribution in [0.5, 0.6) is 0 Å². The molecule has 0 unspecified atom stereocenters. The van der Waals surface area contributed by atoms with Gasteiger partial charge in [0.2, 0.25) is 5.91 Å². The SMILES string of the molecule is CN(C)CCNC(=O)CCNc1ccc(C(F)(F)F)cc1. The van der Waals surface area contributed by atoms with Crippen LogP contribution >= 0.6 is 0 Å². The minimum atomic E-state index is -4.33. The van der Waals surface area contributed by atoms with Crippen molar-refractivity contribution in [3.8, 4) is 0 Å². The Morgan fingerprint density at radius 2 is 1.76 bits per heavy atom. The van der Waals surface area contributed by atoms with Crippen molar-refractivity contribution in [2.24, 2.45) is 0 Å². The Kier molecular flexibility index (Phi) is 6.48. The van der Waals surface area contributed by atoms with Crippen molar-refractivity contribution in [3.63, 3.8) is 0 Å². The van der Waals surface area contributed by atoms with E-state index in [0.717, 1.165) is 18.7 Å². The summed E-state index contributed by atoms with van der Waals surface area (Å²) >= 11 is 0. The predicted molar refractivity (Wildman–Crippen MR) is 76.1 cm³/mol. The molecule has 4 nitrogen and oxygen atoms in total. The summed E-state index contributed by atoms with van der Waals surface area (Å²) < 4.78 is 37.1. The Labute approximate surface area is 122 Å². The van der Waals surface area contributed by atoms with Gasteiger partial charge >= 0.3 is 6.18 Å². The van der Waals surface area contributed by atoms with Crippen LogP contribution in [0.4, 0.5) is 18.9 Å². The molecule has 1 aromatic rings. The van der Waals surface area contributed by atoms with Crippen LogP contribution < -0.4 is 10.6 Å². The van der Waals surface area contributed by atoms with Crippen LogP contribution in [0, 0.1) is 0 Å². The number of likely N-dealkylation sites (N-methyl/N-ethyl adjacent to an activating group) is 1. The molecule has 0 aliphatic carbocycles. The lowest BCUT2D eigenvalue weighted by atomic mass is 10.2. The number of amides is 1. The van der Waals surface area contributed by atoms with Gasteiger partial charge in [-0.3, -0.25) is 4.79 Å². The molecule has 21 heavy (non-hydrogen) atoms. The second-order valence-electron chi connectivity index (χ2n) is 4.91. The number of carbonyl (C=O) groups is 1. The summed E-state index contributed by atoms with van der Waals surface area (Å²) in [5.74, 6) is -0.0868. The highest BCUT2D eigenvalue weighted by atomic mass is 19.4. The van der Waals surface area contributed by atoms with Gasteiger partial charge in [-0.05, 0) is 38.4 Å². The number of carbonyl (C=O) groups excluding carboxylic acids is 1. The first-order valence-electron chi connectivity index (χ1n) is 6.61. The van der Waals surface area contributed by atoms with Crippen molar-refractivity contribution in [2.45, 2.75) is 12.6 Å². The molecular formula is C14H20F3N3O. The Morgan fingerprint density at radius 3 is 2.29 bits per heavy atom. The normalized spacial score (nSPS) is 11.5. The zero-order valence-corrected chi connectivity index (χ0v) is 12.1. The van der Waals surface area contributed by atoms with E-state index in [-0.39, 0.29) is 12.3 Å². The van der Waals surface area contributed by atoms with E-state index >= 15 is 0 Å². The first-order chi connectivity index (χ1) is 9.79. The lowest BCUT2D eigenvalue weighted by molar-refractivity contribution is -0.137. The molecule has 0 heterocycles. The Hall–Kier alpha value is -1.76. The highest BCUT2D eigenvalue weighted by Gasteiger charge is 2.29. The van der Waals surface area contributed by atoms with Crippen LogP contribution in [0.3, 0.4) is 0 Å². The summed E-state index contributed by atoms with van der Waals surface area (Å²) in [7, 11) is 3.83. The molecule has 0 saturated heterocycles. The monoisotopic (exact) mass is 303 g/mol. The molecule has 1 rings (SSSR count). The number of benzene rings is 1.